The van der Waals surface area contributed by atoms with Crippen molar-refractivity contribution < 1.29 is 158 Å². The molecule has 0 aromatic carbocycles. The molecule has 0 aromatic rings. The van der Waals surface area contributed by atoms with Crippen molar-refractivity contribution in [1.82, 2.24) is 10.4 Å². The molecule has 1 atom stereocenters. The van der Waals surface area contributed by atoms with Crippen LogP contribution in [-0.4, -0.2) is 375 Å². The molecule has 0 spiro atoms. The average molecular weight is 1670 g/mol. The fraction of sp³-hybridized carbons (Fsp3) is 0.925. The number of unbranched alkanes of at least 4 members (excludes halogenated alkanes) is 15. The molecule has 115 heavy (non-hydrogen) atoms. The number of rotatable bonds is 99. The van der Waals surface area contributed by atoms with E-state index in [4.69, 9.17) is 124 Å². The number of carboxylic acid groups (broad SMARTS) is 2. The molecular weight excluding hydrogens is 1520 g/mol. The van der Waals surface area contributed by atoms with Crippen molar-refractivity contribution in [3.05, 3.63) is 0 Å². The van der Waals surface area contributed by atoms with Gasteiger partial charge in [0.1, 0.15) is 5.41 Å². The Morgan fingerprint density at radius 1 is 0.278 bits per heavy atom. The van der Waals surface area contributed by atoms with E-state index in [1.54, 1.807) is 0 Å². The average Bonchev–Trinajstić information content (AvgIpc) is 1.49. The number of hydroxylamine groups is 2. The summed E-state index contributed by atoms with van der Waals surface area (Å²) in [4.78, 5) is 76.5. The van der Waals surface area contributed by atoms with Gasteiger partial charge in [0.15, 0.2) is 0 Å². The monoisotopic (exact) mass is 1670 g/mol. The van der Waals surface area contributed by atoms with Crippen LogP contribution < -0.4 is 5.32 Å². The highest BCUT2D eigenvalue weighted by atomic mass is 16.7. The summed E-state index contributed by atoms with van der Waals surface area (Å²) in [5, 5.41) is 22.7. The molecule has 3 amide bonds. The van der Waals surface area contributed by atoms with Gasteiger partial charge >= 0.3 is 17.9 Å². The molecule has 35 heteroatoms. The van der Waals surface area contributed by atoms with Gasteiger partial charge in [0.05, 0.1) is 324 Å². The SMILES string of the molecule is CCCCCCCCCCC[C@](CCCCCCCCCCC(=O)O)(C(=O)O)C(=O)NCCOCCOCCOCCOCCOCCOCCOCCOCCOCCOCCOCCOCCOCCOCCOCCOCCOCCOCCOCCOCCOCCOCCOCCOCCC(=O)ON1C(=O)CCC1=O. The highest BCUT2D eigenvalue weighted by molar-refractivity contribution is 6.02. The lowest BCUT2D eigenvalue weighted by Gasteiger charge is -2.28. The lowest BCUT2D eigenvalue weighted by atomic mass is 9.76. The van der Waals surface area contributed by atoms with Gasteiger partial charge in [0, 0.05) is 25.8 Å². The second-order valence-electron chi connectivity index (χ2n) is 26.4. The van der Waals surface area contributed by atoms with Crippen molar-refractivity contribution in [1.29, 1.82) is 0 Å². The second-order valence-corrected chi connectivity index (χ2v) is 26.4. The van der Waals surface area contributed by atoms with Crippen molar-refractivity contribution in [2.24, 2.45) is 5.41 Å². The van der Waals surface area contributed by atoms with Crippen molar-refractivity contribution in [3.63, 3.8) is 0 Å². The molecular formula is C80H150N2O33. The molecule has 1 aliphatic heterocycles. The van der Waals surface area contributed by atoms with Gasteiger partial charge in [-0.15, -0.1) is 5.06 Å². The van der Waals surface area contributed by atoms with E-state index >= 15 is 0 Å². The van der Waals surface area contributed by atoms with Gasteiger partial charge in [0.2, 0.25) is 5.91 Å². The van der Waals surface area contributed by atoms with Crippen LogP contribution in [0.25, 0.3) is 0 Å². The first kappa shape index (κ1) is 109. The van der Waals surface area contributed by atoms with Crippen molar-refractivity contribution >= 4 is 35.6 Å². The first-order valence-electron chi connectivity index (χ1n) is 42.3. The zero-order valence-corrected chi connectivity index (χ0v) is 69.9. The number of carboxylic acids is 2. The van der Waals surface area contributed by atoms with E-state index in [0.717, 1.165) is 57.8 Å². The van der Waals surface area contributed by atoms with Crippen LogP contribution >= 0.6 is 0 Å². The van der Waals surface area contributed by atoms with Crippen LogP contribution in [0.5, 0.6) is 0 Å². The molecule has 1 aliphatic rings. The fourth-order valence-corrected chi connectivity index (χ4v) is 10.7. The van der Waals surface area contributed by atoms with Crippen molar-refractivity contribution in [2.45, 2.75) is 155 Å². The van der Waals surface area contributed by atoms with Gasteiger partial charge < -0.3 is 134 Å². The predicted molar refractivity (Wildman–Crippen MR) is 420 cm³/mol. The number of amides is 3. The largest absolute Gasteiger partial charge is 0.481 e. The third kappa shape index (κ3) is 77.2. The number of carbonyl (C=O) groups excluding carboxylic acids is 4. The first-order valence-corrected chi connectivity index (χ1v) is 42.3. The van der Waals surface area contributed by atoms with Gasteiger partial charge in [-0.05, 0) is 19.3 Å². The molecule has 1 rings (SSSR count). The van der Waals surface area contributed by atoms with Gasteiger partial charge in [-0.3, -0.25) is 24.0 Å². The van der Waals surface area contributed by atoms with Gasteiger partial charge in [-0.25, -0.2) is 4.79 Å². The number of hydrogen-bond acceptors (Lipinski definition) is 31. The zero-order chi connectivity index (χ0) is 82.8. The predicted octanol–water partition coefficient (Wildman–Crippen LogP) is 6.48. The summed E-state index contributed by atoms with van der Waals surface area (Å²) >= 11 is 0. The Morgan fingerprint density at radius 3 is 0.696 bits per heavy atom. The minimum atomic E-state index is -1.46. The van der Waals surface area contributed by atoms with Gasteiger partial charge in [0.25, 0.3) is 11.8 Å². The third-order valence-electron chi connectivity index (χ3n) is 17.0. The Bertz CT molecular complexity index is 2120. The molecule has 0 unspecified atom stereocenters. The lowest BCUT2D eigenvalue weighted by molar-refractivity contribution is -0.198. The van der Waals surface area contributed by atoms with E-state index in [0.29, 0.717) is 334 Å². The fourth-order valence-electron chi connectivity index (χ4n) is 10.7. The van der Waals surface area contributed by atoms with E-state index in [1.165, 1.54) is 32.1 Å². The summed E-state index contributed by atoms with van der Waals surface area (Å²) < 4.78 is 133. The smallest absolute Gasteiger partial charge is 0.335 e. The zero-order valence-electron chi connectivity index (χ0n) is 69.9. The molecule has 0 saturated carbocycles. The molecule has 0 radical (unpaired) electrons. The summed E-state index contributed by atoms with van der Waals surface area (Å²) in [5.41, 5.74) is -1.46. The van der Waals surface area contributed by atoms with Crippen LogP contribution in [0.4, 0.5) is 0 Å². The minimum absolute atomic E-state index is 0.0490. The highest BCUT2D eigenvalue weighted by Gasteiger charge is 2.45. The lowest BCUT2D eigenvalue weighted by Crippen LogP contribution is -2.47. The summed E-state index contributed by atoms with van der Waals surface area (Å²) in [6.07, 6.45) is 18.0. The maximum absolute atomic E-state index is 13.6. The molecule has 35 nitrogen and oxygen atoms in total. The van der Waals surface area contributed by atoms with Gasteiger partial charge in [-0.1, -0.05) is 110 Å². The van der Waals surface area contributed by atoms with Crippen LogP contribution in [0, 0.1) is 5.41 Å². The number of nitrogens with zero attached hydrogens (tertiary/aromatic N) is 1. The Morgan fingerprint density at radius 2 is 0.478 bits per heavy atom. The number of aliphatic carboxylic acids is 2. The minimum Gasteiger partial charge on any atom is -0.481 e. The second kappa shape index (κ2) is 89.3. The Labute approximate surface area is 684 Å². The van der Waals surface area contributed by atoms with Crippen LogP contribution in [0.2, 0.25) is 0 Å². The van der Waals surface area contributed by atoms with Crippen LogP contribution in [0.3, 0.4) is 0 Å². The molecule has 0 bridgehead atoms. The quantitative estimate of drug-likeness (QED) is 0.0333. The number of ether oxygens (including phenoxy) is 24. The molecule has 3 N–H and O–H groups in total. The molecule has 1 heterocycles. The summed E-state index contributed by atoms with van der Waals surface area (Å²) in [7, 11) is 0. The molecule has 678 valence electrons. The van der Waals surface area contributed by atoms with Crippen LogP contribution in [-0.2, 0) is 147 Å². The molecule has 1 saturated heterocycles. The summed E-state index contributed by atoms with van der Waals surface area (Å²) in [5.74, 6) is -3.99. The normalized spacial score (nSPS) is 12.9. The number of carbonyl (C=O) groups is 6. The highest BCUT2D eigenvalue weighted by Crippen LogP contribution is 2.33. The van der Waals surface area contributed by atoms with E-state index < -0.39 is 41.0 Å². The molecule has 1 fully saturated rings. The maximum Gasteiger partial charge on any atom is 0.335 e. The van der Waals surface area contributed by atoms with E-state index in [1.807, 2.05) is 0 Å². The van der Waals surface area contributed by atoms with E-state index in [9.17, 15) is 33.9 Å². The Kier molecular flexibility index (Phi) is 84.7. The standard InChI is InChI=1S/C80H150N2O33/c1-2-3-4-5-6-8-11-14-17-23-80(79(89)90,24-18-15-12-9-7-10-13-16-19-76(85)86)78(88)81-25-27-92-29-31-94-33-35-96-37-39-98-41-43-100-45-47-102-49-51-104-53-55-106-57-59-108-61-63-110-65-67-112-69-71-114-73-72-113-70-68-111-66-64-109-62-60-107-58-56-105-54-52-103-50-48-101-46-44-99-42-40-97-38-36-95-34-32-93-30-28-91-26-22-77(87)115-82-74(83)20-21-75(82)84/h2-73H2,1H3,(H,81,88)(H,85,86)(H,89,90)/t80-/m1/s1. The van der Waals surface area contributed by atoms with Gasteiger partial charge in [-0.2, -0.15) is 0 Å². The maximum atomic E-state index is 13.6. The molecule has 0 aromatic heterocycles. The number of hydrogen-bond donors (Lipinski definition) is 3. The summed E-state index contributed by atoms with van der Waals surface area (Å²) in [6, 6.07) is 0. The Hall–Kier alpha value is -3.94. The van der Waals surface area contributed by atoms with E-state index in [2.05, 4.69) is 12.2 Å². The number of imide groups is 1. The van der Waals surface area contributed by atoms with Crippen LogP contribution in [0.1, 0.15) is 155 Å². The van der Waals surface area contributed by atoms with E-state index in [-0.39, 0.29) is 52.0 Å². The Balaban J connectivity index is 1.72. The first-order chi connectivity index (χ1) is 56.6. The topological polar surface area (TPSA) is 389 Å². The van der Waals surface area contributed by atoms with Crippen LogP contribution in [0.15, 0.2) is 0 Å². The molecule has 0 aliphatic carbocycles. The third-order valence-corrected chi connectivity index (χ3v) is 17.0. The summed E-state index contributed by atoms with van der Waals surface area (Å²) in [6.45, 7) is 22.9. The van der Waals surface area contributed by atoms with Crippen molar-refractivity contribution in [3.8, 4) is 0 Å². The number of nitrogens with one attached hydrogen (secondary N) is 1. The van der Waals surface area contributed by atoms with Crippen molar-refractivity contribution in [2.75, 3.05) is 324 Å².